The van der Waals surface area contributed by atoms with Crippen LogP contribution in [0.1, 0.15) is 31.2 Å². The summed E-state index contributed by atoms with van der Waals surface area (Å²) in [5, 5.41) is 0. The molecule has 1 unspecified atom stereocenters. The molecule has 0 spiro atoms. The van der Waals surface area contributed by atoms with Gasteiger partial charge in [0.15, 0.2) is 0 Å². The third kappa shape index (κ3) is 4.58. The molecule has 0 aromatic heterocycles. The van der Waals surface area contributed by atoms with Crippen molar-refractivity contribution < 1.29 is 0 Å². The lowest BCUT2D eigenvalue weighted by atomic mass is 10.0. The van der Waals surface area contributed by atoms with Crippen molar-refractivity contribution in [2.24, 2.45) is 0 Å². The van der Waals surface area contributed by atoms with Gasteiger partial charge in [0.25, 0.3) is 0 Å². The van der Waals surface area contributed by atoms with Crippen LogP contribution in [-0.2, 0) is 0 Å². The van der Waals surface area contributed by atoms with E-state index < -0.39 is 0 Å². The number of hydrogen-bond acceptors (Lipinski definition) is 2. The van der Waals surface area contributed by atoms with E-state index in [0.29, 0.717) is 5.92 Å². The maximum absolute atomic E-state index is 4.47. The van der Waals surface area contributed by atoms with Gasteiger partial charge in [0.1, 0.15) is 0 Å². The van der Waals surface area contributed by atoms with Crippen molar-refractivity contribution in [3.8, 4) is 0 Å². The van der Waals surface area contributed by atoms with Gasteiger partial charge < -0.3 is 4.90 Å². The Morgan fingerprint density at radius 1 is 1.25 bits per heavy atom. The molecule has 1 nitrogen and oxygen atoms in total. The first-order chi connectivity index (χ1) is 7.77. The minimum absolute atomic E-state index is 0.548. The van der Waals surface area contributed by atoms with Crippen molar-refractivity contribution in [2.75, 3.05) is 25.9 Å². The summed E-state index contributed by atoms with van der Waals surface area (Å²) in [6.07, 6.45) is 2.55. The second-order valence-electron chi connectivity index (χ2n) is 4.41. The number of nitrogens with zero attached hydrogens (tertiary/aromatic N) is 1. The van der Waals surface area contributed by atoms with E-state index in [9.17, 15) is 0 Å². The highest BCUT2D eigenvalue weighted by Gasteiger charge is 2.11. The molecule has 0 aliphatic rings. The predicted octanol–water partition coefficient (Wildman–Crippen LogP) is 3.43. The Morgan fingerprint density at radius 3 is 2.50 bits per heavy atom. The van der Waals surface area contributed by atoms with E-state index in [1.165, 1.54) is 24.9 Å². The standard InChI is InChI=1S/C14H23NS/c1-3-4-10-15(2)11-14(12-16)13-8-6-5-7-9-13/h5-9,14,16H,3-4,10-12H2,1-2H3. The Kier molecular flexibility index (Phi) is 6.58. The van der Waals surface area contributed by atoms with Crippen LogP contribution in [0.15, 0.2) is 30.3 Å². The molecule has 0 saturated heterocycles. The maximum atomic E-state index is 4.47. The van der Waals surface area contributed by atoms with E-state index in [-0.39, 0.29) is 0 Å². The Bertz CT molecular complexity index is 273. The van der Waals surface area contributed by atoms with Gasteiger partial charge in [0.05, 0.1) is 0 Å². The summed E-state index contributed by atoms with van der Waals surface area (Å²) in [7, 11) is 2.20. The van der Waals surface area contributed by atoms with Crippen LogP contribution >= 0.6 is 12.6 Å². The summed E-state index contributed by atoms with van der Waals surface area (Å²) in [5.41, 5.74) is 1.40. The Hall–Kier alpha value is -0.470. The SMILES string of the molecule is CCCCN(C)CC(CS)c1ccccc1. The van der Waals surface area contributed by atoms with Gasteiger partial charge in [-0.3, -0.25) is 0 Å². The van der Waals surface area contributed by atoms with E-state index in [1.807, 2.05) is 0 Å². The van der Waals surface area contributed by atoms with E-state index in [0.717, 1.165) is 12.3 Å². The molecular weight excluding hydrogens is 214 g/mol. The number of likely N-dealkylation sites (N-methyl/N-ethyl adjacent to an activating group) is 1. The highest BCUT2D eigenvalue weighted by molar-refractivity contribution is 7.80. The summed E-state index contributed by atoms with van der Waals surface area (Å²) >= 11 is 4.47. The topological polar surface area (TPSA) is 3.24 Å². The molecule has 0 bridgehead atoms. The van der Waals surface area contributed by atoms with Crippen molar-refractivity contribution in [1.29, 1.82) is 0 Å². The average Bonchev–Trinajstić information content (AvgIpc) is 2.34. The molecule has 16 heavy (non-hydrogen) atoms. The van der Waals surface area contributed by atoms with Crippen LogP contribution in [0.3, 0.4) is 0 Å². The molecule has 1 rings (SSSR count). The number of benzene rings is 1. The zero-order valence-electron chi connectivity index (χ0n) is 10.4. The largest absolute Gasteiger partial charge is 0.306 e. The van der Waals surface area contributed by atoms with Crippen molar-refractivity contribution in [1.82, 2.24) is 4.90 Å². The van der Waals surface area contributed by atoms with Crippen molar-refractivity contribution in [2.45, 2.75) is 25.7 Å². The lowest BCUT2D eigenvalue weighted by Gasteiger charge is -2.23. The lowest BCUT2D eigenvalue weighted by Crippen LogP contribution is -2.26. The van der Waals surface area contributed by atoms with Gasteiger partial charge >= 0.3 is 0 Å². The molecule has 0 radical (unpaired) electrons. The minimum Gasteiger partial charge on any atom is -0.306 e. The molecule has 0 fully saturated rings. The monoisotopic (exact) mass is 237 g/mol. The molecule has 0 aliphatic carbocycles. The average molecular weight is 237 g/mol. The van der Waals surface area contributed by atoms with E-state index in [2.05, 4.69) is 61.8 Å². The van der Waals surface area contributed by atoms with E-state index in [1.54, 1.807) is 0 Å². The minimum atomic E-state index is 0.548. The third-order valence-electron chi connectivity index (χ3n) is 2.92. The van der Waals surface area contributed by atoms with Crippen LogP contribution in [0.4, 0.5) is 0 Å². The lowest BCUT2D eigenvalue weighted by molar-refractivity contribution is 0.313. The highest BCUT2D eigenvalue weighted by atomic mass is 32.1. The van der Waals surface area contributed by atoms with Crippen LogP contribution in [0.5, 0.6) is 0 Å². The van der Waals surface area contributed by atoms with Crippen molar-refractivity contribution in [3.63, 3.8) is 0 Å². The number of rotatable bonds is 7. The molecule has 0 amide bonds. The second-order valence-corrected chi connectivity index (χ2v) is 4.77. The fourth-order valence-corrected chi connectivity index (χ4v) is 2.22. The highest BCUT2D eigenvalue weighted by Crippen LogP contribution is 2.18. The van der Waals surface area contributed by atoms with Crippen LogP contribution in [-0.4, -0.2) is 30.8 Å². The Labute approximate surface area is 105 Å². The first-order valence-electron chi connectivity index (χ1n) is 6.12. The van der Waals surface area contributed by atoms with Gasteiger partial charge in [-0.25, -0.2) is 0 Å². The molecule has 0 N–H and O–H groups in total. The number of hydrogen-bond donors (Lipinski definition) is 1. The molecule has 1 aromatic rings. The van der Waals surface area contributed by atoms with E-state index in [4.69, 9.17) is 0 Å². The number of unbranched alkanes of at least 4 members (excludes halogenated alkanes) is 1. The van der Waals surface area contributed by atoms with Gasteiger partial charge in [-0.1, -0.05) is 43.7 Å². The second kappa shape index (κ2) is 7.75. The quantitative estimate of drug-likeness (QED) is 0.711. The van der Waals surface area contributed by atoms with Crippen LogP contribution in [0.2, 0.25) is 0 Å². The summed E-state index contributed by atoms with van der Waals surface area (Å²) in [6.45, 7) is 4.53. The molecule has 0 aliphatic heterocycles. The molecule has 1 atom stereocenters. The fraction of sp³-hybridized carbons (Fsp3) is 0.571. The van der Waals surface area contributed by atoms with Crippen molar-refractivity contribution in [3.05, 3.63) is 35.9 Å². The summed E-state index contributed by atoms with van der Waals surface area (Å²) < 4.78 is 0. The third-order valence-corrected chi connectivity index (χ3v) is 3.36. The maximum Gasteiger partial charge on any atom is 0.00551 e. The zero-order chi connectivity index (χ0) is 11.8. The molecule has 0 heterocycles. The number of thiol groups is 1. The van der Waals surface area contributed by atoms with E-state index >= 15 is 0 Å². The van der Waals surface area contributed by atoms with Gasteiger partial charge in [-0.2, -0.15) is 12.6 Å². The fourth-order valence-electron chi connectivity index (χ4n) is 1.89. The Balaban J connectivity index is 2.49. The molecule has 90 valence electrons. The van der Waals surface area contributed by atoms with Gasteiger partial charge in [-0.05, 0) is 31.3 Å². The molecule has 1 aromatic carbocycles. The first-order valence-corrected chi connectivity index (χ1v) is 6.75. The summed E-state index contributed by atoms with van der Waals surface area (Å²) in [6, 6.07) is 10.7. The predicted molar refractivity (Wildman–Crippen MR) is 75.4 cm³/mol. The molecule has 0 saturated carbocycles. The smallest absolute Gasteiger partial charge is 0.00551 e. The van der Waals surface area contributed by atoms with Crippen LogP contribution in [0.25, 0.3) is 0 Å². The molecular formula is C14H23NS. The molecule has 2 heteroatoms. The summed E-state index contributed by atoms with van der Waals surface area (Å²) in [4.78, 5) is 2.41. The first kappa shape index (κ1) is 13.6. The normalized spacial score (nSPS) is 13.0. The van der Waals surface area contributed by atoms with Crippen LogP contribution in [0, 0.1) is 0 Å². The van der Waals surface area contributed by atoms with Gasteiger partial charge in [-0.15, -0.1) is 0 Å². The van der Waals surface area contributed by atoms with Gasteiger partial charge in [0.2, 0.25) is 0 Å². The van der Waals surface area contributed by atoms with Gasteiger partial charge in [0, 0.05) is 12.5 Å². The summed E-state index contributed by atoms with van der Waals surface area (Å²) in [5.74, 6) is 1.46. The Morgan fingerprint density at radius 2 is 1.94 bits per heavy atom. The van der Waals surface area contributed by atoms with Crippen LogP contribution < -0.4 is 0 Å². The van der Waals surface area contributed by atoms with Crippen molar-refractivity contribution >= 4 is 12.6 Å². The zero-order valence-corrected chi connectivity index (χ0v) is 11.3.